The second-order valence-electron chi connectivity index (χ2n) is 4.58. The summed E-state index contributed by atoms with van der Waals surface area (Å²) in [6.45, 7) is 1.41. The lowest BCUT2D eigenvalue weighted by Gasteiger charge is -2.13. The highest BCUT2D eigenvalue weighted by atomic mass is 35.5. The number of hydrogen-bond donors (Lipinski definition) is 1. The minimum Gasteiger partial charge on any atom is -0.448 e. The number of esters is 1. The molecule has 0 aliphatic rings. The lowest BCUT2D eigenvalue weighted by atomic mass is 10.3. The summed E-state index contributed by atoms with van der Waals surface area (Å²) in [6, 6.07) is 5.50. The minimum atomic E-state index is -1.07. The van der Waals surface area contributed by atoms with Crippen LogP contribution in [0.1, 0.15) is 17.4 Å². The van der Waals surface area contributed by atoms with Gasteiger partial charge < -0.3 is 10.1 Å². The zero-order chi connectivity index (χ0) is 17.0. The smallest absolute Gasteiger partial charge is 0.359 e. The van der Waals surface area contributed by atoms with Gasteiger partial charge in [-0.15, -0.1) is 0 Å². The van der Waals surface area contributed by atoms with Crippen molar-refractivity contribution in [3.8, 4) is 0 Å². The molecule has 1 N–H and O–H groups in total. The van der Waals surface area contributed by atoms with Crippen molar-refractivity contribution in [2.75, 3.05) is 5.32 Å². The number of nitrogens with zero attached hydrogens (tertiary/aromatic N) is 3. The summed E-state index contributed by atoms with van der Waals surface area (Å²) in [5.41, 5.74) is -0.433. The molecule has 1 atom stereocenters. The molecule has 0 aliphatic heterocycles. The average molecular weight is 337 g/mol. The third-order valence-electron chi connectivity index (χ3n) is 2.80. The molecule has 0 aliphatic carbocycles. The molecule has 120 valence electrons. The Kier molecular flexibility index (Phi) is 5.07. The summed E-state index contributed by atoms with van der Waals surface area (Å²) in [4.78, 5) is 39.0. The van der Waals surface area contributed by atoms with Crippen molar-refractivity contribution in [3.63, 3.8) is 0 Å². The minimum absolute atomic E-state index is 0.0728. The Labute approximate surface area is 136 Å². The van der Waals surface area contributed by atoms with E-state index >= 15 is 0 Å². The first kappa shape index (κ1) is 16.6. The van der Waals surface area contributed by atoms with Gasteiger partial charge in [-0.05, 0) is 25.1 Å². The summed E-state index contributed by atoms with van der Waals surface area (Å²) in [5, 5.41) is 6.67. The normalized spacial score (nSPS) is 11.6. The monoisotopic (exact) mass is 336 g/mol. The molecule has 9 heteroatoms. The molecular weight excluding hydrogens is 324 g/mol. The van der Waals surface area contributed by atoms with Crippen LogP contribution in [-0.4, -0.2) is 32.7 Å². The predicted molar refractivity (Wildman–Crippen MR) is 82.2 cm³/mol. The largest absolute Gasteiger partial charge is 0.448 e. The number of amides is 1. The summed E-state index contributed by atoms with van der Waals surface area (Å²) in [6.07, 6.45) is 0.307. The van der Waals surface area contributed by atoms with Crippen LogP contribution < -0.4 is 10.9 Å². The fourth-order valence-electron chi connectivity index (χ4n) is 1.56. The van der Waals surface area contributed by atoms with Gasteiger partial charge >= 0.3 is 5.97 Å². The van der Waals surface area contributed by atoms with Gasteiger partial charge in [-0.1, -0.05) is 11.6 Å². The van der Waals surface area contributed by atoms with E-state index in [4.69, 9.17) is 16.3 Å². The van der Waals surface area contributed by atoms with E-state index in [-0.39, 0.29) is 17.1 Å². The van der Waals surface area contributed by atoms with Gasteiger partial charge in [0.15, 0.2) is 11.8 Å². The Balaban J connectivity index is 1.99. The molecule has 2 aromatic heterocycles. The van der Waals surface area contributed by atoms with E-state index in [0.29, 0.717) is 5.02 Å². The molecule has 8 nitrogen and oxygen atoms in total. The number of aromatic nitrogens is 3. The molecule has 0 spiro atoms. The molecule has 23 heavy (non-hydrogen) atoms. The fourth-order valence-corrected chi connectivity index (χ4v) is 1.68. The number of carbonyl (C=O) groups excluding carboxylic acids is 2. The maximum absolute atomic E-state index is 11.9. The number of rotatable bonds is 4. The standard InChI is InChI=1S/C14H13ClN4O4/c1-8(13(21)17-11-5-3-9(15)7-16-11)23-14(22)10-4-6-12(20)19(2)18-10/h3-8H,1-2H3,(H,16,17,21). The summed E-state index contributed by atoms with van der Waals surface area (Å²) in [5.74, 6) is -1.09. The zero-order valence-electron chi connectivity index (χ0n) is 12.3. The van der Waals surface area contributed by atoms with Gasteiger partial charge in [0.2, 0.25) is 0 Å². The third-order valence-corrected chi connectivity index (χ3v) is 3.02. The number of pyridine rings is 1. The molecule has 0 saturated carbocycles. The highest BCUT2D eigenvalue weighted by Gasteiger charge is 2.20. The van der Waals surface area contributed by atoms with E-state index in [2.05, 4.69) is 15.4 Å². The van der Waals surface area contributed by atoms with Crippen molar-refractivity contribution in [1.82, 2.24) is 14.8 Å². The highest BCUT2D eigenvalue weighted by Crippen LogP contribution is 2.10. The number of anilines is 1. The lowest BCUT2D eigenvalue weighted by Crippen LogP contribution is -2.31. The second kappa shape index (κ2) is 7.01. The topological polar surface area (TPSA) is 103 Å². The molecular formula is C14H13ClN4O4. The van der Waals surface area contributed by atoms with Crippen molar-refractivity contribution >= 4 is 29.3 Å². The maximum atomic E-state index is 11.9. The molecule has 0 saturated heterocycles. The van der Waals surface area contributed by atoms with E-state index in [9.17, 15) is 14.4 Å². The average Bonchev–Trinajstić information content (AvgIpc) is 2.52. The zero-order valence-corrected chi connectivity index (χ0v) is 13.1. The van der Waals surface area contributed by atoms with Crippen LogP contribution in [0.5, 0.6) is 0 Å². The van der Waals surface area contributed by atoms with Crippen molar-refractivity contribution in [2.24, 2.45) is 7.05 Å². The molecule has 2 rings (SSSR count). The molecule has 1 unspecified atom stereocenters. The summed E-state index contributed by atoms with van der Waals surface area (Å²) in [7, 11) is 1.40. The van der Waals surface area contributed by atoms with Crippen LogP contribution in [0.2, 0.25) is 5.02 Å². The van der Waals surface area contributed by atoms with Crippen LogP contribution in [0.25, 0.3) is 0 Å². The van der Waals surface area contributed by atoms with Crippen LogP contribution in [0, 0.1) is 0 Å². The Morgan fingerprint density at radius 1 is 1.30 bits per heavy atom. The van der Waals surface area contributed by atoms with E-state index in [1.807, 2.05) is 0 Å². The van der Waals surface area contributed by atoms with Crippen LogP contribution in [0.3, 0.4) is 0 Å². The second-order valence-corrected chi connectivity index (χ2v) is 5.02. The predicted octanol–water partition coefficient (Wildman–Crippen LogP) is 1.01. The Morgan fingerprint density at radius 3 is 2.65 bits per heavy atom. The number of nitrogens with one attached hydrogen (secondary N) is 1. The number of halogens is 1. The van der Waals surface area contributed by atoms with Crippen LogP contribution in [0.15, 0.2) is 35.3 Å². The number of hydrogen-bond acceptors (Lipinski definition) is 6. The first-order chi connectivity index (χ1) is 10.9. The Bertz CT molecular complexity index is 788. The van der Waals surface area contributed by atoms with Gasteiger partial charge in [0.1, 0.15) is 5.82 Å². The first-order valence-electron chi connectivity index (χ1n) is 6.54. The molecule has 0 fully saturated rings. The van der Waals surface area contributed by atoms with Gasteiger partial charge in [-0.2, -0.15) is 5.10 Å². The van der Waals surface area contributed by atoms with Gasteiger partial charge in [0, 0.05) is 19.3 Å². The van der Waals surface area contributed by atoms with E-state index in [1.54, 1.807) is 6.07 Å². The molecule has 0 aromatic carbocycles. The van der Waals surface area contributed by atoms with Crippen molar-refractivity contribution in [1.29, 1.82) is 0 Å². The summed E-state index contributed by atoms with van der Waals surface area (Å²) >= 11 is 5.70. The molecule has 2 heterocycles. The SMILES string of the molecule is CC(OC(=O)c1ccc(=O)n(C)n1)C(=O)Nc1ccc(Cl)cn1. The molecule has 1 amide bonds. The van der Waals surface area contributed by atoms with Crippen LogP contribution in [-0.2, 0) is 16.6 Å². The third kappa shape index (κ3) is 4.36. The van der Waals surface area contributed by atoms with E-state index < -0.39 is 18.0 Å². The van der Waals surface area contributed by atoms with Gasteiger partial charge in [-0.25, -0.2) is 14.5 Å². The maximum Gasteiger partial charge on any atom is 0.359 e. The first-order valence-corrected chi connectivity index (χ1v) is 6.92. The van der Waals surface area contributed by atoms with Crippen LogP contribution >= 0.6 is 11.6 Å². The Hall–Kier alpha value is -2.74. The van der Waals surface area contributed by atoms with Gasteiger partial charge in [-0.3, -0.25) is 9.59 Å². The lowest BCUT2D eigenvalue weighted by molar-refractivity contribution is -0.123. The number of carbonyl (C=O) groups is 2. The number of ether oxygens (including phenoxy) is 1. The Morgan fingerprint density at radius 2 is 2.04 bits per heavy atom. The van der Waals surface area contributed by atoms with Crippen molar-refractivity contribution in [2.45, 2.75) is 13.0 Å². The highest BCUT2D eigenvalue weighted by molar-refractivity contribution is 6.30. The molecule has 0 bridgehead atoms. The molecule has 0 radical (unpaired) electrons. The van der Waals surface area contributed by atoms with Gasteiger partial charge in [0.05, 0.1) is 5.02 Å². The van der Waals surface area contributed by atoms with Crippen molar-refractivity contribution in [3.05, 3.63) is 51.5 Å². The number of aryl methyl sites for hydroxylation is 1. The van der Waals surface area contributed by atoms with Gasteiger partial charge in [0.25, 0.3) is 11.5 Å². The van der Waals surface area contributed by atoms with Crippen molar-refractivity contribution < 1.29 is 14.3 Å². The van der Waals surface area contributed by atoms with E-state index in [1.165, 1.54) is 38.4 Å². The quantitative estimate of drug-likeness (QED) is 0.836. The fraction of sp³-hybridized carbons (Fsp3) is 0.214. The molecule has 2 aromatic rings. The summed E-state index contributed by atoms with van der Waals surface area (Å²) < 4.78 is 6.01. The van der Waals surface area contributed by atoms with Crippen LogP contribution in [0.4, 0.5) is 5.82 Å². The van der Waals surface area contributed by atoms with E-state index in [0.717, 1.165) is 4.68 Å².